The summed E-state index contributed by atoms with van der Waals surface area (Å²) < 4.78 is 5.37. The highest BCUT2D eigenvalue weighted by molar-refractivity contribution is 5.85. The van der Waals surface area contributed by atoms with E-state index in [1.165, 1.54) is 25.7 Å². The lowest BCUT2D eigenvalue weighted by atomic mass is 9.49. The van der Waals surface area contributed by atoms with Crippen molar-refractivity contribution in [2.75, 3.05) is 6.54 Å². The van der Waals surface area contributed by atoms with Crippen molar-refractivity contribution < 1.29 is 4.42 Å². The normalized spacial score (nSPS) is 37.9. The van der Waals surface area contributed by atoms with E-state index in [0.29, 0.717) is 5.41 Å². The summed E-state index contributed by atoms with van der Waals surface area (Å²) in [5, 5.41) is 3.57. The Kier molecular flexibility index (Phi) is 4.14. The molecule has 0 spiro atoms. The Morgan fingerprint density at radius 2 is 1.75 bits per heavy atom. The van der Waals surface area contributed by atoms with Crippen LogP contribution in [0, 0.1) is 23.2 Å². The molecule has 3 heteroatoms. The molecule has 1 aromatic heterocycles. The van der Waals surface area contributed by atoms with E-state index in [2.05, 4.69) is 11.4 Å². The van der Waals surface area contributed by atoms with Crippen molar-refractivity contribution in [1.29, 1.82) is 0 Å². The number of nitrogens with one attached hydrogen (secondary N) is 1. The van der Waals surface area contributed by atoms with Crippen LogP contribution >= 0.6 is 12.4 Å². The minimum absolute atomic E-state index is 0. The van der Waals surface area contributed by atoms with E-state index in [0.717, 1.165) is 36.6 Å². The van der Waals surface area contributed by atoms with Gasteiger partial charge >= 0.3 is 0 Å². The summed E-state index contributed by atoms with van der Waals surface area (Å²) in [4.78, 5) is 0. The van der Waals surface area contributed by atoms with Gasteiger partial charge in [-0.3, -0.25) is 0 Å². The molecule has 4 saturated carbocycles. The van der Waals surface area contributed by atoms with Crippen LogP contribution in [0.1, 0.15) is 50.7 Å². The Morgan fingerprint density at radius 3 is 2.30 bits per heavy atom. The second-order valence-electron chi connectivity index (χ2n) is 7.42. The molecule has 4 fully saturated rings. The molecule has 4 aliphatic carbocycles. The van der Waals surface area contributed by atoms with Crippen LogP contribution in [0.3, 0.4) is 0 Å². The van der Waals surface area contributed by atoms with E-state index in [1.54, 1.807) is 25.5 Å². The summed E-state index contributed by atoms with van der Waals surface area (Å²) in [6.45, 7) is 2.05. The van der Waals surface area contributed by atoms with Crippen molar-refractivity contribution in [1.82, 2.24) is 5.32 Å². The first kappa shape index (κ1) is 14.5. The van der Waals surface area contributed by atoms with Crippen molar-refractivity contribution >= 4 is 12.4 Å². The molecule has 0 radical (unpaired) electrons. The van der Waals surface area contributed by atoms with Crippen LogP contribution in [-0.2, 0) is 6.54 Å². The SMILES string of the molecule is Cl.c1coc(CNCCC23CC4CC(CC(C4)C2)C3)c1. The zero-order valence-electron chi connectivity index (χ0n) is 12.1. The predicted octanol–water partition coefficient (Wildman–Crippen LogP) is 4.40. The van der Waals surface area contributed by atoms with E-state index in [4.69, 9.17) is 4.42 Å². The molecule has 2 nitrogen and oxygen atoms in total. The molecule has 20 heavy (non-hydrogen) atoms. The third kappa shape index (κ3) is 2.78. The highest BCUT2D eigenvalue weighted by atomic mass is 35.5. The molecule has 0 aromatic carbocycles. The van der Waals surface area contributed by atoms with E-state index in [-0.39, 0.29) is 12.4 Å². The van der Waals surface area contributed by atoms with Crippen molar-refractivity contribution in [2.24, 2.45) is 23.2 Å². The maximum atomic E-state index is 5.37. The first-order chi connectivity index (χ1) is 9.31. The largest absolute Gasteiger partial charge is 0.468 e. The highest BCUT2D eigenvalue weighted by Crippen LogP contribution is 2.61. The molecule has 1 aromatic rings. The smallest absolute Gasteiger partial charge is 0.117 e. The Balaban J connectivity index is 0.00000121. The van der Waals surface area contributed by atoms with Crippen LogP contribution in [0.15, 0.2) is 22.8 Å². The highest BCUT2D eigenvalue weighted by Gasteiger charge is 2.50. The maximum absolute atomic E-state index is 5.37. The predicted molar refractivity (Wildman–Crippen MR) is 82.9 cm³/mol. The molecule has 0 saturated heterocycles. The number of hydrogen-bond acceptors (Lipinski definition) is 2. The third-order valence-electron chi connectivity index (χ3n) is 5.88. The van der Waals surface area contributed by atoms with Crippen LogP contribution in [0.4, 0.5) is 0 Å². The average molecular weight is 296 g/mol. The van der Waals surface area contributed by atoms with Crippen molar-refractivity contribution in [3.05, 3.63) is 24.2 Å². The Hall–Kier alpha value is -0.470. The molecule has 0 atom stereocenters. The number of rotatable bonds is 5. The molecule has 1 N–H and O–H groups in total. The van der Waals surface area contributed by atoms with Crippen LogP contribution in [0.2, 0.25) is 0 Å². The lowest BCUT2D eigenvalue weighted by molar-refractivity contribution is -0.0568. The summed E-state index contributed by atoms with van der Waals surface area (Å²) in [6.07, 6.45) is 12.4. The molecule has 112 valence electrons. The van der Waals surface area contributed by atoms with Gasteiger partial charge in [0.05, 0.1) is 12.8 Å². The zero-order chi connectivity index (χ0) is 12.7. The monoisotopic (exact) mass is 295 g/mol. The van der Waals surface area contributed by atoms with Crippen molar-refractivity contribution in [2.45, 2.75) is 51.5 Å². The second kappa shape index (κ2) is 5.73. The van der Waals surface area contributed by atoms with Gasteiger partial charge in [-0.1, -0.05) is 0 Å². The third-order valence-corrected chi connectivity index (χ3v) is 5.88. The van der Waals surface area contributed by atoms with Gasteiger partial charge in [0.1, 0.15) is 5.76 Å². The zero-order valence-corrected chi connectivity index (χ0v) is 13.0. The fourth-order valence-electron chi connectivity index (χ4n) is 5.57. The average Bonchev–Trinajstić information content (AvgIpc) is 2.86. The molecular formula is C17H26ClNO. The van der Waals surface area contributed by atoms with Gasteiger partial charge < -0.3 is 9.73 Å². The Labute approximate surface area is 128 Å². The topological polar surface area (TPSA) is 25.2 Å². The minimum Gasteiger partial charge on any atom is -0.468 e. The maximum Gasteiger partial charge on any atom is 0.117 e. The molecule has 5 rings (SSSR count). The number of halogens is 1. The standard InChI is InChI=1S/C17H25NO.ClH/c1-2-16(19-5-1)12-18-4-3-17-9-13-6-14(10-17)8-15(7-13)11-17;/h1-2,5,13-15,18H,3-4,6-12H2;1H. The first-order valence-electron chi connectivity index (χ1n) is 8.04. The lowest BCUT2D eigenvalue weighted by Gasteiger charge is -2.57. The molecule has 0 unspecified atom stereocenters. The summed E-state index contributed by atoms with van der Waals surface area (Å²) in [5.41, 5.74) is 0.713. The fourth-order valence-corrected chi connectivity index (χ4v) is 5.57. The first-order valence-corrected chi connectivity index (χ1v) is 8.04. The number of furan rings is 1. The molecule has 4 aliphatic rings. The lowest BCUT2D eigenvalue weighted by Crippen LogP contribution is -2.47. The van der Waals surface area contributed by atoms with Gasteiger partial charge in [-0.05, 0) is 86.8 Å². The molecule has 0 amide bonds. The summed E-state index contributed by atoms with van der Waals surface area (Å²) in [5.74, 6) is 4.30. The van der Waals surface area contributed by atoms with Gasteiger partial charge in [-0.25, -0.2) is 0 Å². The van der Waals surface area contributed by atoms with E-state index in [9.17, 15) is 0 Å². The molecule has 4 bridgehead atoms. The second-order valence-corrected chi connectivity index (χ2v) is 7.42. The Bertz CT molecular complexity index is 393. The summed E-state index contributed by atoms with van der Waals surface area (Å²) in [6, 6.07) is 4.02. The Morgan fingerprint density at radius 1 is 1.10 bits per heavy atom. The van der Waals surface area contributed by atoms with Gasteiger partial charge in [-0.2, -0.15) is 0 Å². The fraction of sp³-hybridized carbons (Fsp3) is 0.765. The minimum atomic E-state index is 0. The van der Waals surface area contributed by atoms with Crippen LogP contribution in [0.25, 0.3) is 0 Å². The molecule has 0 aliphatic heterocycles. The van der Waals surface area contributed by atoms with Crippen molar-refractivity contribution in [3.8, 4) is 0 Å². The van der Waals surface area contributed by atoms with E-state index >= 15 is 0 Å². The molecular weight excluding hydrogens is 270 g/mol. The van der Waals surface area contributed by atoms with E-state index < -0.39 is 0 Å². The summed E-state index contributed by atoms with van der Waals surface area (Å²) >= 11 is 0. The number of hydrogen-bond donors (Lipinski definition) is 1. The van der Waals surface area contributed by atoms with Crippen LogP contribution < -0.4 is 5.32 Å². The molecule has 1 heterocycles. The van der Waals surface area contributed by atoms with Crippen molar-refractivity contribution in [3.63, 3.8) is 0 Å². The van der Waals surface area contributed by atoms with Gasteiger partial charge in [0.25, 0.3) is 0 Å². The van der Waals surface area contributed by atoms with Crippen LogP contribution in [-0.4, -0.2) is 6.54 Å². The summed E-state index contributed by atoms with van der Waals surface area (Å²) in [7, 11) is 0. The van der Waals surface area contributed by atoms with E-state index in [1.807, 2.05) is 6.07 Å². The van der Waals surface area contributed by atoms with Gasteiger partial charge in [-0.15, -0.1) is 12.4 Å². The van der Waals surface area contributed by atoms with Gasteiger partial charge in [0.15, 0.2) is 0 Å². The van der Waals surface area contributed by atoms with Gasteiger partial charge in [0, 0.05) is 0 Å². The van der Waals surface area contributed by atoms with Gasteiger partial charge in [0.2, 0.25) is 0 Å². The quantitative estimate of drug-likeness (QED) is 0.815. The van der Waals surface area contributed by atoms with Crippen LogP contribution in [0.5, 0.6) is 0 Å².